The smallest absolute Gasteiger partial charge is 0.143 e. The Morgan fingerprint density at radius 1 is 1.22 bits per heavy atom. The summed E-state index contributed by atoms with van der Waals surface area (Å²) in [6, 6.07) is 0. The molecule has 0 amide bonds. The number of hydrogen-bond donors (Lipinski definition) is 0. The average molecular weight is 367 g/mol. The topological polar surface area (TPSA) is 56.1 Å². The number of ether oxygens (including phenoxy) is 1. The zero-order valence-corrected chi connectivity index (χ0v) is 16.3. The first-order valence-corrected chi connectivity index (χ1v) is 9.94. The van der Waals surface area contributed by atoms with Gasteiger partial charge in [-0.25, -0.2) is 15.0 Å². The number of imidazole rings is 1. The summed E-state index contributed by atoms with van der Waals surface area (Å²) >= 11 is 0. The maximum absolute atomic E-state index is 6.61. The SMILES string of the molecule is CC(C)=CCN1CCC2(CCC(Cn3ccnc3-c3cncnc3)O2)CC1. The van der Waals surface area contributed by atoms with Crippen LogP contribution in [-0.4, -0.2) is 55.8 Å². The summed E-state index contributed by atoms with van der Waals surface area (Å²) in [4.78, 5) is 15.3. The first-order valence-electron chi connectivity index (χ1n) is 9.94. The fraction of sp³-hybridized carbons (Fsp3) is 0.571. The van der Waals surface area contributed by atoms with Crippen LogP contribution < -0.4 is 0 Å². The summed E-state index contributed by atoms with van der Waals surface area (Å²) in [6.45, 7) is 8.51. The molecule has 4 heterocycles. The second-order valence-electron chi connectivity index (χ2n) is 8.07. The zero-order valence-electron chi connectivity index (χ0n) is 16.3. The van der Waals surface area contributed by atoms with E-state index >= 15 is 0 Å². The van der Waals surface area contributed by atoms with Crippen molar-refractivity contribution in [2.24, 2.45) is 0 Å². The molecule has 2 aliphatic heterocycles. The van der Waals surface area contributed by atoms with Gasteiger partial charge in [0.1, 0.15) is 12.2 Å². The summed E-state index contributed by atoms with van der Waals surface area (Å²) in [6.07, 6.45) is 16.2. The minimum atomic E-state index is 0.0861. The van der Waals surface area contributed by atoms with Crippen LogP contribution in [-0.2, 0) is 11.3 Å². The Bertz CT molecular complexity index is 773. The Morgan fingerprint density at radius 2 is 2.00 bits per heavy atom. The van der Waals surface area contributed by atoms with Crippen LogP contribution in [0.1, 0.15) is 39.5 Å². The number of hydrogen-bond acceptors (Lipinski definition) is 5. The van der Waals surface area contributed by atoms with Crippen molar-refractivity contribution < 1.29 is 4.74 Å². The quantitative estimate of drug-likeness (QED) is 0.759. The molecular weight excluding hydrogens is 338 g/mol. The summed E-state index contributed by atoms with van der Waals surface area (Å²) in [7, 11) is 0. The van der Waals surface area contributed by atoms with Crippen molar-refractivity contribution >= 4 is 0 Å². The van der Waals surface area contributed by atoms with Crippen LogP contribution in [0.15, 0.2) is 42.8 Å². The molecule has 0 saturated carbocycles. The number of nitrogens with zero attached hydrogens (tertiary/aromatic N) is 5. The van der Waals surface area contributed by atoms with Gasteiger partial charge in [0.05, 0.1) is 23.8 Å². The molecule has 2 saturated heterocycles. The highest BCUT2D eigenvalue weighted by Gasteiger charge is 2.42. The molecule has 0 N–H and O–H groups in total. The number of allylic oxidation sites excluding steroid dienone is 1. The lowest BCUT2D eigenvalue weighted by molar-refractivity contribution is -0.0794. The molecule has 27 heavy (non-hydrogen) atoms. The van der Waals surface area contributed by atoms with E-state index in [1.54, 1.807) is 6.33 Å². The van der Waals surface area contributed by atoms with E-state index in [0.29, 0.717) is 0 Å². The van der Waals surface area contributed by atoms with E-state index in [-0.39, 0.29) is 11.7 Å². The molecule has 2 aromatic rings. The van der Waals surface area contributed by atoms with E-state index in [9.17, 15) is 0 Å². The Balaban J connectivity index is 1.35. The molecule has 2 aromatic heterocycles. The van der Waals surface area contributed by atoms with E-state index in [2.05, 4.69) is 44.3 Å². The van der Waals surface area contributed by atoms with Gasteiger partial charge in [-0.2, -0.15) is 0 Å². The predicted octanol–water partition coefficient (Wildman–Crippen LogP) is 3.32. The monoisotopic (exact) mass is 367 g/mol. The lowest BCUT2D eigenvalue weighted by Crippen LogP contribution is -2.44. The molecule has 1 atom stereocenters. The normalized spacial score (nSPS) is 22.2. The highest BCUT2D eigenvalue weighted by Crippen LogP contribution is 2.39. The lowest BCUT2D eigenvalue weighted by Gasteiger charge is -2.39. The first kappa shape index (κ1) is 18.3. The predicted molar refractivity (Wildman–Crippen MR) is 105 cm³/mol. The van der Waals surface area contributed by atoms with Gasteiger partial charge in [-0.15, -0.1) is 0 Å². The van der Waals surface area contributed by atoms with Crippen LogP contribution >= 0.6 is 0 Å². The van der Waals surface area contributed by atoms with E-state index in [1.807, 2.05) is 24.8 Å². The third-order valence-electron chi connectivity index (χ3n) is 5.80. The van der Waals surface area contributed by atoms with Gasteiger partial charge in [-0.05, 0) is 39.5 Å². The number of likely N-dealkylation sites (tertiary alicyclic amines) is 1. The minimum absolute atomic E-state index is 0.0861. The van der Waals surface area contributed by atoms with Gasteiger partial charge in [0.25, 0.3) is 0 Å². The average Bonchev–Trinajstić information content (AvgIpc) is 3.30. The van der Waals surface area contributed by atoms with Crippen molar-refractivity contribution in [1.82, 2.24) is 24.4 Å². The van der Waals surface area contributed by atoms with Crippen molar-refractivity contribution in [3.05, 3.63) is 42.8 Å². The van der Waals surface area contributed by atoms with Crippen molar-refractivity contribution in [1.29, 1.82) is 0 Å². The van der Waals surface area contributed by atoms with E-state index in [0.717, 1.165) is 56.8 Å². The number of rotatable bonds is 5. The molecule has 144 valence electrons. The Hall–Kier alpha value is -2.05. The summed E-state index contributed by atoms with van der Waals surface area (Å²) in [5.41, 5.74) is 2.43. The maximum Gasteiger partial charge on any atom is 0.143 e. The van der Waals surface area contributed by atoms with E-state index in [1.165, 1.54) is 12.0 Å². The molecule has 6 nitrogen and oxygen atoms in total. The molecule has 1 unspecified atom stereocenters. The van der Waals surface area contributed by atoms with Crippen LogP contribution in [0.2, 0.25) is 0 Å². The van der Waals surface area contributed by atoms with Gasteiger partial charge < -0.3 is 9.30 Å². The summed E-state index contributed by atoms with van der Waals surface area (Å²) in [5, 5.41) is 0. The Morgan fingerprint density at radius 3 is 2.74 bits per heavy atom. The standard InChI is InChI=1S/C21H29N5O/c1-17(2)4-9-25-10-6-21(7-11-25)5-3-19(27-21)15-26-12-8-24-20(26)18-13-22-16-23-14-18/h4,8,12-14,16,19H,3,5-7,9-11,15H2,1-2H3. The fourth-order valence-electron chi connectivity index (χ4n) is 4.20. The number of piperidine rings is 1. The van der Waals surface area contributed by atoms with Crippen molar-refractivity contribution in [3.8, 4) is 11.4 Å². The van der Waals surface area contributed by atoms with Crippen LogP contribution in [0.25, 0.3) is 11.4 Å². The molecule has 0 radical (unpaired) electrons. The highest BCUT2D eigenvalue weighted by atomic mass is 16.5. The molecule has 2 fully saturated rings. The minimum Gasteiger partial charge on any atom is -0.370 e. The molecule has 1 spiro atoms. The van der Waals surface area contributed by atoms with E-state index < -0.39 is 0 Å². The van der Waals surface area contributed by atoms with Gasteiger partial charge >= 0.3 is 0 Å². The summed E-state index contributed by atoms with van der Waals surface area (Å²) in [5.74, 6) is 0.914. The van der Waals surface area contributed by atoms with Crippen molar-refractivity contribution in [2.75, 3.05) is 19.6 Å². The van der Waals surface area contributed by atoms with Gasteiger partial charge in [0, 0.05) is 44.4 Å². The van der Waals surface area contributed by atoms with Crippen LogP contribution in [0.4, 0.5) is 0 Å². The van der Waals surface area contributed by atoms with Gasteiger partial charge in [-0.3, -0.25) is 4.90 Å². The third-order valence-corrected chi connectivity index (χ3v) is 5.80. The fourth-order valence-corrected chi connectivity index (χ4v) is 4.20. The number of aromatic nitrogens is 4. The Labute approximate surface area is 161 Å². The molecule has 6 heteroatoms. The highest BCUT2D eigenvalue weighted by molar-refractivity contribution is 5.52. The third kappa shape index (κ3) is 4.28. The zero-order chi connectivity index (χ0) is 18.7. The Kier molecular flexibility index (Phi) is 5.36. The van der Waals surface area contributed by atoms with Gasteiger partial charge in [0.15, 0.2) is 0 Å². The van der Waals surface area contributed by atoms with Crippen molar-refractivity contribution in [2.45, 2.75) is 57.8 Å². The maximum atomic E-state index is 6.61. The van der Waals surface area contributed by atoms with Gasteiger partial charge in [0.2, 0.25) is 0 Å². The lowest BCUT2D eigenvalue weighted by atomic mass is 9.88. The van der Waals surface area contributed by atoms with Crippen LogP contribution in [0.5, 0.6) is 0 Å². The molecule has 0 aromatic carbocycles. The van der Waals surface area contributed by atoms with Crippen LogP contribution in [0.3, 0.4) is 0 Å². The van der Waals surface area contributed by atoms with Crippen molar-refractivity contribution in [3.63, 3.8) is 0 Å². The molecule has 0 aliphatic carbocycles. The molecule has 2 aliphatic rings. The molecule has 4 rings (SSSR count). The van der Waals surface area contributed by atoms with Crippen LogP contribution in [0, 0.1) is 0 Å². The second-order valence-corrected chi connectivity index (χ2v) is 8.07. The van der Waals surface area contributed by atoms with E-state index in [4.69, 9.17) is 4.74 Å². The summed E-state index contributed by atoms with van der Waals surface area (Å²) < 4.78 is 8.78. The molecular formula is C21H29N5O. The second kappa shape index (κ2) is 7.90. The largest absolute Gasteiger partial charge is 0.370 e. The molecule has 0 bridgehead atoms. The first-order chi connectivity index (χ1) is 13.1. The van der Waals surface area contributed by atoms with Gasteiger partial charge in [-0.1, -0.05) is 11.6 Å².